The van der Waals surface area contributed by atoms with Crippen LogP contribution in [0.1, 0.15) is 36.5 Å². The van der Waals surface area contributed by atoms with Crippen LogP contribution in [0.15, 0.2) is 41.3 Å². The van der Waals surface area contributed by atoms with Crippen molar-refractivity contribution in [1.29, 1.82) is 0 Å². The van der Waals surface area contributed by atoms with Crippen molar-refractivity contribution in [2.24, 2.45) is 5.92 Å². The molecule has 3 rings (SSSR count). The fourth-order valence-electron chi connectivity index (χ4n) is 3.44. The third-order valence-electron chi connectivity index (χ3n) is 5.07. The van der Waals surface area contributed by atoms with Gasteiger partial charge in [0.1, 0.15) is 0 Å². The number of allylic oxidation sites excluding steroid dienone is 2. The number of carbonyl (C=O) groups is 2. The third kappa shape index (κ3) is 3.88. The van der Waals surface area contributed by atoms with Crippen LogP contribution in [-0.2, 0) is 14.8 Å². The first-order valence-electron chi connectivity index (χ1n) is 8.94. The summed E-state index contributed by atoms with van der Waals surface area (Å²) >= 11 is 0. The van der Waals surface area contributed by atoms with Gasteiger partial charge in [-0.05, 0) is 38.3 Å². The molecule has 1 amide bonds. The Kier molecular flexibility index (Phi) is 5.58. The van der Waals surface area contributed by atoms with Crippen LogP contribution in [0.5, 0.6) is 0 Å². The van der Waals surface area contributed by atoms with Gasteiger partial charge in [0.2, 0.25) is 15.9 Å². The lowest BCUT2D eigenvalue weighted by molar-refractivity contribution is -0.137. The number of amides is 1. The van der Waals surface area contributed by atoms with Crippen LogP contribution >= 0.6 is 0 Å². The van der Waals surface area contributed by atoms with Gasteiger partial charge in [-0.3, -0.25) is 9.59 Å². The molecule has 7 heteroatoms. The Hall–Kier alpha value is -1.99. The van der Waals surface area contributed by atoms with Gasteiger partial charge in [-0.15, -0.1) is 0 Å². The number of sulfonamides is 1. The van der Waals surface area contributed by atoms with Crippen molar-refractivity contribution in [1.82, 2.24) is 9.21 Å². The summed E-state index contributed by atoms with van der Waals surface area (Å²) in [5.41, 5.74) is 0.487. The van der Waals surface area contributed by atoms with Crippen molar-refractivity contribution in [2.75, 3.05) is 26.2 Å². The van der Waals surface area contributed by atoms with Crippen LogP contribution in [-0.4, -0.2) is 55.5 Å². The van der Waals surface area contributed by atoms with E-state index in [0.29, 0.717) is 31.7 Å². The van der Waals surface area contributed by atoms with Crippen LogP contribution in [0.4, 0.5) is 0 Å². The van der Waals surface area contributed by atoms with E-state index in [9.17, 15) is 18.0 Å². The van der Waals surface area contributed by atoms with E-state index in [-0.39, 0.29) is 22.5 Å². The summed E-state index contributed by atoms with van der Waals surface area (Å²) in [6.07, 6.45) is 6.74. The lowest BCUT2D eigenvalue weighted by Gasteiger charge is -2.36. The van der Waals surface area contributed by atoms with E-state index >= 15 is 0 Å². The van der Waals surface area contributed by atoms with Crippen molar-refractivity contribution in [3.8, 4) is 0 Å². The molecule has 1 aromatic rings. The van der Waals surface area contributed by atoms with Gasteiger partial charge in [0, 0.05) is 37.7 Å². The molecule has 1 aliphatic heterocycles. The third-order valence-corrected chi connectivity index (χ3v) is 6.98. The van der Waals surface area contributed by atoms with Gasteiger partial charge >= 0.3 is 0 Å². The number of Topliss-reactive ketones (excluding diaryl/α,β-unsaturated/α-hetero) is 1. The molecule has 0 aromatic heterocycles. The average molecular weight is 376 g/mol. The first-order valence-corrected chi connectivity index (χ1v) is 10.4. The number of nitrogens with zero attached hydrogens (tertiary/aromatic N) is 2. The summed E-state index contributed by atoms with van der Waals surface area (Å²) in [4.78, 5) is 25.9. The van der Waals surface area contributed by atoms with Crippen LogP contribution in [0.3, 0.4) is 0 Å². The fraction of sp³-hybridized carbons (Fsp3) is 0.474. The molecule has 1 fully saturated rings. The van der Waals surface area contributed by atoms with Crippen LogP contribution in [0, 0.1) is 5.92 Å². The Morgan fingerprint density at radius 1 is 1.00 bits per heavy atom. The van der Waals surface area contributed by atoms with Crippen molar-refractivity contribution in [3.05, 3.63) is 42.0 Å². The van der Waals surface area contributed by atoms with Gasteiger partial charge in [-0.1, -0.05) is 24.3 Å². The summed E-state index contributed by atoms with van der Waals surface area (Å²) in [6.45, 7) is 2.88. The summed E-state index contributed by atoms with van der Waals surface area (Å²) in [6, 6.07) is 6.01. The number of carbonyl (C=O) groups excluding carboxylic acids is 2. The minimum absolute atomic E-state index is 0.0299. The summed E-state index contributed by atoms with van der Waals surface area (Å²) in [7, 11) is -3.61. The molecule has 0 N–H and O–H groups in total. The number of piperazine rings is 1. The Morgan fingerprint density at radius 3 is 2.19 bits per heavy atom. The second-order valence-electron chi connectivity index (χ2n) is 6.79. The molecule has 0 radical (unpaired) electrons. The normalized spacial score (nSPS) is 21.6. The SMILES string of the molecule is CC(=O)c1ccc(S(=O)(=O)N2CCN(C(=O)C3CC=CCC3)CC2)cc1. The summed E-state index contributed by atoms with van der Waals surface area (Å²) < 4.78 is 27.0. The molecule has 0 saturated carbocycles. The molecule has 1 heterocycles. The molecule has 2 aliphatic rings. The fourth-order valence-corrected chi connectivity index (χ4v) is 4.86. The molecule has 6 nitrogen and oxygen atoms in total. The molecule has 0 spiro atoms. The molecule has 1 saturated heterocycles. The van der Waals surface area contributed by atoms with E-state index in [2.05, 4.69) is 12.2 Å². The first kappa shape index (κ1) is 18.8. The van der Waals surface area contributed by atoms with Crippen molar-refractivity contribution >= 4 is 21.7 Å². The largest absolute Gasteiger partial charge is 0.340 e. The Balaban J connectivity index is 1.64. The van der Waals surface area contributed by atoms with Gasteiger partial charge in [0.05, 0.1) is 4.90 Å². The first-order chi connectivity index (χ1) is 12.4. The topological polar surface area (TPSA) is 74.8 Å². The number of ketones is 1. The smallest absolute Gasteiger partial charge is 0.243 e. The minimum atomic E-state index is -3.61. The molecule has 140 valence electrons. The van der Waals surface area contributed by atoms with E-state index in [4.69, 9.17) is 0 Å². The van der Waals surface area contributed by atoms with Crippen molar-refractivity contribution < 1.29 is 18.0 Å². The van der Waals surface area contributed by atoms with Crippen molar-refractivity contribution in [3.63, 3.8) is 0 Å². The van der Waals surface area contributed by atoms with E-state index in [1.165, 1.54) is 35.5 Å². The number of rotatable bonds is 4. The second kappa shape index (κ2) is 7.72. The quantitative estimate of drug-likeness (QED) is 0.596. The molecular formula is C19H24N2O4S. The maximum absolute atomic E-state index is 12.8. The monoisotopic (exact) mass is 376 g/mol. The average Bonchev–Trinajstić information content (AvgIpc) is 2.68. The lowest BCUT2D eigenvalue weighted by Crippen LogP contribution is -2.51. The van der Waals surface area contributed by atoms with Gasteiger partial charge in [0.25, 0.3) is 0 Å². The van der Waals surface area contributed by atoms with Gasteiger partial charge in [-0.25, -0.2) is 8.42 Å². The Bertz CT molecular complexity index is 806. The van der Waals surface area contributed by atoms with E-state index in [0.717, 1.165) is 19.3 Å². The molecule has 1 atom stereocenters. The number of hydrogen-bond donors (Lipinski definition) is 0. The van der Waals surface area contributed by atoms with E-state index < -0.39 is 10.0 Å². The predicted molar refractivity (Wildman–Crippen MR) is 98.3 cm³/mol. The van der Waals surface area contributed by atoms with Crippen LogP contribution in [0.2, 0.25) is 0 Å². The second-order valence-corrected chi connectivity index (χ2v) is 8.73. The highest BCUT2D eigenvalue weighted by atomic mass is 32.2. The van der Waals surface area contributed by atoms with Crippen molar-refractivity contribution in [2.45, 2.75) is 31.1 Å². The van der Waals surface area contributed by atoms with Crippen LogP contribution < -0.4 is 0 Å². The van der Waals surface area contributed by atoms with E-state index in [1.807, 2.05) is 0 Å². The molecule has 1 aromatic carbocycles. The van der Waals surface area contributed by atoms with E-state index in [1.54, 1.807) is 4.90 Å². The van der Waals surface area contributed by atoms with Gasteiger partial charge in [0.15, 0.2) is 5.78 Å². The lowest BCUT2D eigenvalue weighted by atomic mass is 9.93. The highest BCUT2D eigenvalue weighted by Gasteiger charge is 2.32. The zero-order chi connectivity index (χ0) is 18.7. The molecular weight excluding hydrogens is 352 g/mol. The predicted octanol–water partition coefficient (Wildman–Crippen LogP) is 2.08. The molecule has 1 aliphatic carbocycles. The van der Waals surface area contributed by atoms with Gasteiger partial charge in [-0.2, -0.15) is 4.31 Å². The molecule has 26 heavy (non-hydrogen) atoms. The number of benzene rings is 1. The van der Waals surface area contributed by atoms with Gasteiger partial charge < -0.3 is 4.90 Å². The zero-order valence-electron chi connectivity index (χ0n) is 14.9. The molecule has 1 unspecified atom stereocenters. The summed E-state index contributed by atoms with van der Waals surface area (Å²) in [5, 5.41) is 0. The Morgan fingerprint density at radius 2 is 1.65 bits per heavy atom. The minimum Gasteiger partial charge on any atom is -0.340 e. The zero-order valence-corrected chi connectivity index (χ0v) is 15.7. The number of hydrogen-bond acceptors (Lipinski definition) is 4. The Labute approximate surface area is 154 Å². The molecule has 0 bridgehead atoms. The maximum atomic E-state index is 12.8. The standard InChI is InChI=1S/C19H24N2O4S/c1-15(22)16-7-9-18(10-8-16)26(24,25)21-13-11-20(12-14-21)19(23)17-5-3-2-4-6-17/h2-3,7-10,17H,4-6,11-14H2,1H3. The highest BCUT2D eigenvalue weighted by Crippen LogP contribution is 2.23. The summed E-state index contributed by atoms with van der Waals surface area (Å²) in [5.74, 6) is 0.0677. The highest BCUT2D eigenvalue weighted by molar-refractivity contribution is 7.89. The van der Waals surface area contributed by atoms with Crippen LogP contribution in [0.25, 0.3) is 0 Å². The maximum Gasteiger partial charge on any atom is 0.243 e.